The van der Waals surface area contributed by atoms with Gasteiger partial charge in [0.15, 0.2) is 0 Å². The van der Waals surface area contributed by atoms with Crippen LogP contribution in [0.3, 0.4) is 0 Å². The standard InChI is InChI=1S/C20H25N3O2/c1-4-23(15(2)17-8-6-5-7-9-17)14-20(25)22-19-12-10-18(11-13-19)21-16(3)24/h5-13,15H,4,14H2,1-3H3,(H,21,24)(H,22,25). The van der Waals surface area contributed by atoms with Crippen LogP contribution in [0.25, 0.3) is 0 Å². The van der Waals surface area contributed by atoms with Crippen LogP contribution in [-0.4, -0.2) is 29.8 Å². The van der Waals surface area contributed by atoms with Gasteiger partial charge in [0.25, 0.3) is 0 Å². The number of hydrogen-bond acceptors (Lipinski definition) is 3. The Labute approximate surface area is 149 Å². The molecule has 0 saturated carbocycles. The number of anilines is 2. The van der Waals surface area contributed by atoms with E-state index in [1.165, 1.54) is 12.5 Å². The number of nitrogens with zero attached hydrogens (tertiary/aromatic N) is 1. The largest absolute Gasteiger partial charge is 0.326 e. The highest BCUT2D eigenvalue weighted by atomic mass is 16.2. The monoisotopic (exact) mass is 339 g/mol. The van der Waals surface area contributed by atoms with Gasteiger partial charge in [-0.25, -0.2) is 0 Å². The average Bonchev–Trinajstić information content (AvgIpc) is 2.61. The summed E-state index contributed by atoms with van der Waals surface area (Å²) in [6.45, 7) is 6.72. The highest BCUT2D eigenvalue weighted by Crippen LogP contribution is 2.19. The number of rotatable bonds is 7. The van der Waals surface area contributed by atoms with Crippen molar-refractivity contribution in [2.75, 3.05) is 23.7 Å². The number of benzene rings is 2. The molecule has 0 heterocycles. The fraction of sp³-hybridized carbons (Fsp3) is 0.300. The summed E-state index contributed by atoms with van der Waals surface area (Å²) in [5.74, 6) is -0.179. The molecule has 0 aliphatic carbocycles. The summed E-state index contributed by atoms with van der Waals surface area (Å²) < 4.78 is 0. The molecule has 2 rings (SSSR count). The van der Waals surface area contributed by atoms with E-state index >= 15 is 0 Å². The first-order valence-electron chi connectivity index (χ1n) is 8.46. The summed E-state index contributed by atoms with van der Waals surface area (Å²) in [6.07, 6.45) is 0. The third kappa shape index (κ3) is 5.72. The van der Waals surface area contributed by atoms with E-state index < -0.39 is 0 Å². The number of nitrogens with one attached hydrogen (secondary N) is 2. The predicted molar refractivity (Wildman–Crippen MR) is 101 cm³/mol. The molecule has 0 aliphatic heterocycles. The van der Waals surface area contributed by atoms with Gasteiger partial charge < -0.3 is 10.6 Å². The van der Waals surface area contributed by atoms with E-state index in [2.05, 4.69) is 41.5 Å². The molecule has 132 valence electrons. The molecular weight excluding hydrogens is 314 g/mol. The van der Waals surface area contributed by atoms with Crippen LogP contribution in [0.5, 0.6) is 0 Å². The smallest absolute Gasteiger partial charge is 0.238 e. The van der Waals surface area contributed by atoms with Crippen LogP contribution in [-0.2, 0) is 9.59 Å². The molecule has 25 heavy (non-hydrogen) atoms. The Morgan fingerprint density at radius 1 is 0.960 bits per heavy atom. The summed E-state index contributed by atoms with van der Waals surface area (Å²) in [4.78, 5) is 25.5. The lowest BCUT2D eigenvalue weighted by Crippen LogP contribution is -2.35. The molecule has 5 heteroatoms. The summed E-state index contributed by atoms with van der Waals surface area (Å²) >= 11 is 0. The molecule has 0 bridgehead atoms. The number of carbonyl (C=O) groups excluding carboxylic acids is 2. The molecule has 0 fully saturated rings. The SMILES string of the molecule is CCN(CC(=O)Nc1ccc(NC(C)=O)cc1)C(C)c1ccccc1. The van der Waals surface area contributed by atoms with Gasteiger partial charge in [-0.2, -0.15) is 0 Å². The van der Waals surface area contributed by atoms with Crippen LogP contribution in [0.1, 0.15) is 32.4 Å². The molecule has 0 radical (unpaired) electrons. The fourth-order valence-corrected chi connectivity index (χ4v) is 2.69. The Balaban J connectivity index is 1.94. The maximum absolute atomic E-state index is 12.4. The Hall–Kier alpha value is -2.66. The third-order valence-electron chi connectivity index (χ3n) is 4.07. The van der Waals surface area contributed by atoms with E-state index in [-0.39, 0.29) is 17.9 Å². The van der Waals surface area contributed by atoms with Crippen molar-refractivity contribution in [1.82, 2.24) is 4.90 Å². The first-order valence-corrected chi connectivity index (χ1v) is 8.46. The molecule has 0 aliphatic rings. The molecule has 2 aromatic carbocycles. The van der Waals surface area contributed by atoms with Crippen LogP contribution in [0.2, 0.25) is 0 Å². The number of carbonyl (C=O) groups is 2. The minimum atomic E-state index is -0.120. The molecule has 0 saturated heterocycles. The van der Waals surface area contributed by atoms with E-state index in [4.69, 9.17) is 0 Å². The lowest BCUT2D eigenvalue weighted by molar-refractivity contribution is -0.118. The second-order valence-electron chi connectivity index (χ2n) is 5.96. The quantitative estimate of drug-likeness (QED) is 0.809. The van der Waals surface area contributed by atoms with Gasteiger partial charge in [0.1, 0.15) is 0 Å². The minimum Gasteiger partial charge on any atom is -0.326 e. The Kier molecular flexibility index (Phi) is 6.71. The fourth-order valence-electron chi connectivity index (χ4n) is 2.69. The van der Waals surface area contributed by atoms with Crippen molar-refractivity contribution >= 4 is 23.2 Å². The van der Waals surface area contributed by atoms with Crippen molar-refractivity contribution in [2.45, 2.75) is 26.8 Å². The molecule has 1 unspecified atom stereocenters. The zero-order valence-corrected chi connectivity index (χ0v) is 15.0. The van der Waals surface area contributed by atoms with E-state index in [1.807, 2.05) is 18.2 Å². The van der Waals surface area contributed by atoms with Gasteiger partial charge >= 0.3 is 0 Å². The normalized spacial score (nSPS) is 11.8. The van der Waals surface area contributed by atoms with Gasteiger partial charge in [-0.15, -0.1) is 0 Å². The van der Waals surface area contributed by atoms with Crippen molar-refractivity contribution in [3.05, 3.63) is 60.2 Å². The third-order valence-corrected chi connectivity index (χ3v) is 4.07. The first-order chi connectivity index (χ1) is 12.0. The van der Waals surface area contributed by atoms with Gasteiger partial charge in [0.2, 0.25) is 11.8 Å². The molecule has 0 aromatic heterocycles. The van der Waals surface area contributed by atoms with E-state index in [1.54, 1.807) is 24.3 Å². The highest BCUT2D eigenvalue weighted by molar-refractivity contribution is 5.93. The predicted octanol–water partition coefficient (Wildman–Crippen LogP) is 3.67. The van der Waals surface area contributed by atoms with Crippen molar-refractivity contribution in [3.8, 4) is 0 Å². The van der Waals surface area contributed by atoms with E-state index in [0.29, 0.717) is 17.9 Å². The highest BCUT2D eigenvalue weighted by Gasteiger charge is 2.17. The molecule has 0 spiro atoms. The molecule has 2 amide bonds. The zero-order chi connectivity index (χ0) is 18.2. The van der Waals surface area contributed by atoms with Crippen molar-refractivity contribution in [3.63, 3.8) is 0 Å². The van der Waals surface area contributed by atoms with Crippen LogP contribution < -0.4 is 10.6 Å². The van der Waals surface area contributed by atoms with Crippen LogP contribution in [0, 0.1) is 0 Å². The molecule has 2 aromatic rings. The second kappa shape index (κ2) is 8.99. The van der Waals surface area contributed by atoms with Crippen LogP contribution in [0.4, 0.5) is 11.4 Å². The Morgan fingerprint density at radius 3 is 2.04 bits per heavy atom. The van der Waals surface area contributed by atoms with Crippen molar-refractivity contribution in [2.24, 2.45) is 0 Å². The molecule has 1 atom stereocenters. The van der Waals surface area contributed by atoms with Gasteiger partial charge in [-0.1, -0.05) is 37.3 Å². The minimum absolute atomic E-state index is 0.0584. The van der Waals surface area contributed by atoms with Gasteiger partial charge in [0.05, 0.1) is 6.54 Å². The Bertz CT molecular complexity index is 699. The maximum Gasteiger partial charge on any atom is 0.238 e. The summed E-state index contributed by atoms with van der Waals surface area (Å²) in [6, 6.07) is 17.4. The topological polar surface area (TPSA) is 61.4 Å². The zero-order valence-electron chi connectivity index (χ0n) is 15.0. The van der Waals surface area contributed by atoms with E-state index in [9.17, 15) is 9.59 Å². The van der Waals surface area contributed by atoms with Gasteiger partial charge in [-0.05, 0) is 43.3 Å². The van der Waals surface area contributed by atoms with Crippen LogP contribution >= 0.6 is 0 Å². The van der Waals surface area contributed by atoms with Crippen molar-refractivity contribution in [1.29, 1.82) is 0 Å². The number of likely N-dealkylation sites (N-methyl/N-ethyl adjacent to an activating group) is 1. The second-order valence-corrected chi connectivity index (χ2v) is 5.96. The van der Waals surface area contributed by atoms with E-state index in [0.717, 1.165) is 6.54 Å². The van der Waals surface area contributed by atoms with Gasteiger partial charge in [-0.3, -0.25) is 14.5 Å². The lowest BCUT2D eigenvalue weighted by atomic mass is 10.1. The number of hydrogen-bond donors (Lipinski definition) is 2. The Morgan fingerprint density at radius 2 is 1.52 bits per heavy atom. The molecular formula is C20H25N3O2. The lowest BCUT2D eigenvalue weighted by Gasteiger charge is -2.27. The average molecular weight is 339 g/mol. The van der Waals surface area contributed by atoms with Gasteiger partial charge in [0, 0.05) is 24.3 Å². The summed E-state index contributed by atoms with van der Waals surface area (Å²) in [5.41, 5.74) is 2.61. The number of amides is 2. The van der Waals surface area contributed by atoms with Crippen molar-refractivity contribution < 1.29 is 9.59 Å². The first kappa shape index (κ1) is 18.7. The summed E-state index contributed by atoms with van der Waals surface area (Å²) in [7, 11) is 0. The molecule has 2 N–H and O–H groups in total. The summed E-state index contributed by atoms with van der Waals surface area (Å²) in [5, 5.41) is 5.60. The maximum atomic E-state index is 12.4. The molecule has 5 nitrogen and oxygen atoms in total. The van der Waals surface area contributed by atoms with Crippen LogP contribution in [0.15, 0.2) is 54.6 Å².